The van der Waals surface area contributed by atoms with Crippen LogP contribution in [0, 0.1) is 5.82 Å². The van der Waals surface area contributed by atoms with Crippen molar-refractivity contribution in [3.8, 4) is 0 Å². The minimum Gasteiger partial charge on any atom is -0.400 e. The highest BCUT2D eigenvalue weighted by Crippen LogP contribution is 2.14. The van der Waals surface area contributed by atoms with Crippen LogP contribution in [0.3, 0.4) is 0 Å². The van der Waals surface area contributed by atoms with Gasteiger partial charge in [-0.1, -0.05) is 6.08 Å². The molecule has 6 nitrogen and oxygen atoms in total. The van der Waals surface area contributed by atoms with Gasteiger partial charge in [0.2, 0.25) is 0 Å². The fourth-order valence-electron chi connectivity index (χ4n) is 1.19. The molecular formula is C9H12FN3O3. The summed E-state index contributed by atoms with van der Waals surface area (Å²) in [6, 6.07) is 0. The summed E-state index contributed by atoms with van der Waals surface area (Å²) in [6.45, 7) is 0.406. The molecule has 7 heteroatoms. The van der Waals surface area contributed by atoms with Crippen LogP contribution in [0.2, 0.25) is 0 Å². The topological polar surface area (TPSA) is 90.4 Å². The molecule has 0 amide bonds. The molecule has 0 saturated carbocycles. The molecule has 1 atom stereocenters. The number of nitrogens with two attached hydrogens (primary N) is 1. The SMILES string of the molecule is CO.Nc1nc(=O)n([C@@H]2C=CCO2)cc1F. The summed E-state index contributed by atoms with van der Waals surface area (Å²) in [6.07, 6.45) is 3.81. The van der Waals surface area contributed by atoms with Crippen molar-refractivity contribution in [3.05, 3.63) is 34.7 Å². The molecule has 0 saturated heterocycles. The van der Waals surface area contributed by atoms with Crippen LogP contribution in [0.5, 0.6) is 0 Å². The molecule has 3 N–H and O–H groups in total. The highest BCUT2D eigenvalue weighted by molar-refractivity contribution is 5.26. The summed E-state index contributed by atoms with van der Waals surface area (Å²) in [5.74, 6) is -1.12. The first-order valence-electron chi connectivity index (χ1n) is 4.45. The molecule has 1 aliphatic rings. The zero-order chi connectivity index (χ0) is 12.1. The van der Waals surface area contributed by atoms with Crippen molar-refractivity contribution in [3.63, 3.8) is 0 Å². The van der Waals surface area contributed by atoms with E-state index in [9.17, 15) is 9.18 Å². The molecule has 0 fully saturated rings. The molecule has 16 heavy (non-hydrogen) atoms. The number of aromatic nitrogens is 2. The highest BCUT2D eigenvalue weighted by atomic mass is 19.1. The molecular weight excluding hydrogens is 217 g/mol. The highest BCUT2D eigenvalue weighted by Gasteiger charge is 2.15. The average molecular weight is 229 g/mol. The van der Waals surface area contributed by atoms with Crippen molar-refractivity contribution in [2.75, 3.05) is 19.5 Å². The second kappa shape index (κ2) is 5.38. The second-order valence-corrected chi connectivity index (χ2v) is 2.82. The predicted octanol–water partition coefficient (Wildman–Crippen LogP) is -0.342. The van der Waals surface area contributed by atoms with Gasteiger partial charge >= 0.3 is 5.69 Å². The first-order valence-corrected chi connectivity index (χ1v) is 4.45. The van der Waals surface area contributed by atoms with E-state index in [-0.39, 0.29) is 0 Å². The van der Waals surface area contributed by atoms with Gasteiger partial charge in [0.1, 0.15) is 0 Å². The first-order chi connectivity index (χ1) is 7.68. The number of aliphatic hydroxyl groups excluding tert-OH is 1. The quantitative estimate of drug-likeness (QED) is 0.643. The molecule has 0 aliphatic carbocycles. The fraction of sp³-hybridized carbons (Fsp3) is 0.333. The normalized spacial score (nSPS) is 18.1. The van der Waals surface area contributed by atoms with Gasteiger partial charge in [-0.05, 0) is 6.08 Å². The molecule has 0 bridgehead atoms. The van der Waals surface area contributed by atoms with Gasteiger partial charge in [-0.2, -0.15) is 4.98 Å². The van der Waals surface area contributed by atoms with Crippen molar-refractivity contribution in [2.24, 2.45) is 0 Å². The third kappa shape index (κ3) is 2.44. The Kier molecular flexibility index (Phi) is 4.15. The van der Waals surface area contributed by atoms with Crippen LogP contribution < -0.4 is 11.4 Å². The van der Waals surface area contributed by atoms with Gasteiger partial charge in [0.15, 0.2) is 17.9 Å². The van der Waals surface area contributed by atoms with E-state index in [4.69, 9.17) is 15.6 Å². The summed E-state index contributed by atoms with van der Waals surface area (Å²) in [4.78, 5) is 14.6. The number of hydrogen-bond donors (Lipinski definition) is 2. The maximum atomic E-state index is 13.0. The molecule has 1 aromatic heterocycles. The molecule has 0 unspecified atom stereocenters. The lowest BCUT2D eigenvalue weighted by Gasteiger charge is -2.11. The van der Waals surface area contributed by atoms with E-state index in [2.05, 4.69) is 4.98 Å². The Balaban J connectivity index is 0.000000606. The number of halogens is 1. The Bertz CT molecular complexity index is 444. The van der Waals surface area contributed by atoms with Crippen molar-refractivity contribution in [1.82, 2.24) is 9.55 Å². The van der Waals surface area contributed by atoms with Gasteiger partial charge in [0.25, 0.3) is 0 Å². The zero-order valence-electron chi connectivity index (χ0n) is 8.63. The molecule has 0 radical (unpaired) electrons. The van der Waals surface area contributed by atoms with Gasteiger partial charge in [0.05, 0.1) is 12.8 Å². The number of hydrogen-bond acceptors (Lipinski definition) is 5. The summed E-state index contributed by atoms with van der Waals surface area (Å²) in [7, 11) is 1.00. The molecule has 0 aromatic carbocycles. The maximum Gasteiger partial charge on any atom is 0.352 e. The van der Waals surface area contributed by atoms with Crippen molar-refractivity contribution >= 4 is 5.82 Å². The second-order valence-electron chi connectivity index (χ2n) is 2.82. The lowest BCUT2D eigenvalue weighted by atomic mass is 10.4. The fourth-order valence-corrected chi connectivity index (χ4v) is 1.19. The maximum absolute atomic E-state index is 13.0. The zero-order valence-corrected chi connectivity index (χ0v) is 8.63. The number of nitrogen functional groups attached to an aromatic ring is 1. The molecule has 2 rings (SSSR count). The third-order valence-electron chi connectivity index (χ3n) is 1.87. The van der Waals surface area contributed by atoms with Crippen LogP contribution in [0.1, 0.15) is 6.23 Å². The van der Waals surface area contributed by atoms with Gasteiger partial charge in [0, 0.05) is 7.11 Å². The van der Waals surface area contributed by atoms with Crippen molar-refractivity contribution in [2.45, 2.75) is 6.23 Å². The summed E-state index contributed by atoms with van der Waals surface area (Å²) < 4.78 is 19.2. The van der Waals surface area contributed by atoms with Crippen LogP contribution in [-0.4, -0.2) is 28.4 Å². The monoisotopic (exact) mass is 229 g/mol. The Hall–Kier alpha value is -1.73. The smallest absolute Gasteiger partial charge is 0.352 e. The predicted molar refractivity (Wildman–Crippen MR) is 55.1 cm³/mol. The number of anilines is 1. The third-order valence-corrected chi connectivity index (χ3v) is 1.87. The molecule has 2 heterocycles. The molecule has 0 spiro atoms. The van der Waals surface area contributed by atoms with Gasteiger partial charge in [-0.25, -0.2) is 9.18 Å². The Morgan fingerprint density at radius 2 is 2.38 bits per heavy atom. The van der Waals surface area contributed by atoms with E-state index < -0.39 is 23.6 Å². The van der Waals surface area contributed by atoms with E-state index in [1.807, 2.05) is 0 Å². The molecule has 1 aliphatic heterocycles. The lowest BCUT2D eigenvalue weighted by molar-refractivity contribution is 0.0714. The van der Waals surface area contributed by atoms with E-state index in [1.165, 1.54) is 0 Å². The van der Waals surface area contributed by atoms with Crippen LogP contribution in [0.15, 0.2) is 23.1 Å². The average Bonchev–Trinajstić information content (AvgIpc) is 2.79. The summed E-state index contributed by atoms with van der Waals surface area (Å²) in [5.41, 5.74) is 4.51. The summed E-state index contributed by atoms with van der Waals surface area (Å²) in [5, 5.41) is 7.00. The number of aliphatic hydroxyl groups is 1. The van der Waals surface area contributed by atoms with Gasteiger partial charge in [-0.15, -0.1) is 0 Å². The Morgan fingerprint density at radius 1 is 1.69 bits per heavy atom. The Morgan fingerprint density at radius 3 is 2.94 bits per heavy atom. The van der Waals surface area contributed by atoms with E-state index in [1.54, 1.807) is 12.2 Å². The standard InChI is InChI=1S/C8H8FN3O2.CH4O/c9-5-4-12(6-2-1-3-14-6)8(13)11-7(5)10;1-2/h1-2,4,6H,3H2,(H2,10,11,13);2H,1H3/t6-;/m0./s1. The van der Waals surface area contributed by atoms with Crippen LogP contribution in [0.25, 0.3) is 0 Å². The lowest BCUT2D eigenvalue weighted by Crippen LogP contribution is -2.27. The van der Waals surface area contributed by atoms with Crippen LogP contribution >= 0.6 is 0 Å². The number of ether oxygens (including phenoxy) is 1. The number of nitrogens with zero attached hydrogens (tertiary/aromatic N) is 2. The minimum absolute atomic E-state index is 0.395. The largest absolute Gasteiger partial charge is 0.400 e. The van der Waals surface area contributed by atoms with E-state index in [0.717, 1.165) is 17.9 Å². The van der Waals surface area contributed by atoms with Crippen LogP contribution in [-0.2, 0) is 4.74 Å². The molecule has 1 aromatic rings. The number of rotatable bonds is 1. The van der Waals surface area contributed by atoms with Crippen molar-refractivity contribution < 1.29 is 14.2 Å². The minimum atomic E-state index is -0.728. The van der Waals surface area contributed by atoms with Crippen molar-refractivity contribution in [1.29, 1.82) is 0 Å². The first kappa shape index (κ1) is 12.3. The van der Waals surface area contributed by atoms with E-state index in [0.29, 0.717) is 6.61 Å². The van der Waals surface area contributed by atoms with Gasteiger partial charge in [-0.3, -0.25) is 4.57 Å². The Labute approximate surface area is 90.8 Å². The van der Waals surface area contributed by atoms with Crippen LogP contribution in [0.4, 0.5) is 10.2 Å². The molecule has 88 valence electrons. The van der Waals surface area contributed by atoms with E-state index >= 15 is 0 Å². The van der Waals surface area contributed by atoms with Gasteiger partial charge < -0.3 is 15.6 Å². The summed E-state index contributed by atoms with van der Waals surface area (Å²) >= 11 is 0.